The zero-order chi connectivity index (χ0) is 13.9. The van der Waals surface area contributed by atoms with Gasteiger partial charge in [0.1, 0.15) is 6.17 Å². The number of carbonyl (C=O) groups excluding carboxylic acids is 1. The van der Waals surface area contributed by atoms with Crippen LogP contribution in [0.25, 0.3) is 0 Å². The van der Waals surface area contributed by atoms with Crippen molar-refractivity contribution >= 4 is 5.91 Å². The largest absolute Gasteiger partial charge is 0.335 e. The second-order valence-electron chi connectivity index (χ2n) is 5.16. The Morgan fingerprint density at radius 3 is 2.25 bits per heavy atom. The molecule has 0 spiro atoms. The zero-order valence-electron chi connectivity index (χ0n) is 11.5. The van der Waals surface area contributed by atoms with E-state index in [-0.39, 0.29) is 18.1 Å². The summed E-state index contributed by atoms with van der Waals surface area (Å²) in [6.45, 7) is 2.72. The third-order valence-electron chi connectivity index (χ3n) is 3.81. The summed E-state index contributed by atoms with van der Waals surface area (Å²) >= 11 is 0. The summed E-state index contributed by atoms with van der Waals surface area (Å²) in [6.07, 6.45) is -0.0427. The molecule has 1 aliphatic heterocycles. The Morgan fingerprint density at radius 1 is 1.00 bits per heavy atom. The number of hydrogen-bond acceptors (Lipinski definition) is 2. The maximum Gasteiger partial charge on any atom is 0.238 e. The Bertz CT molecular complexity index is 582. The third-order valence-corrected chi connectivity index (χ3v) is 3.81. The highest BCUT2D eigenvalue weighted by Gasteiger charge is 2.37. The number of nitrogens with one attached hydrogen (secondary N) is 1. The minimum atomic E-state index is -0.111. The summed E-state index contributed by atoms with van der Waals surface area (Å²) in [5.74, 6) is 0.0924. The summed E-state index contributed by atoms with van der Waals surface area (Å²) in [7, 11) is 0. The lowest BCUT2D eigenvalue weighted by molar-refractivity contribution is -0.121. The molecule has 1 aliphatic rings. The predicted octanol–water partition coefficient (Wildman–Crippen LogP) is 2.71. The molecule has 0 bridgehead atoms. The van der Waals surface area contributed by atoms with Gasteiger partial charge in [-0.15, -0.1) is 0 Å². The van der Waals surface area contributed by atoms with Crippen molar-refractivity contribution in [3.8, 4) is 0 Å². The zero-order valence-corrected chi connectivity index (χ0v) is 11.5. The molecule has 1 heterocycles. The van der Waals surface area contributed by atoms with E-state index in [2.05, 4.69) is 34.5 Å². The van der Waals surface area contributed by atoms with Crippen molar-refractivity contribution in [3.05, 3.63) is 71.8 Å². The lowest BCUT2D eigenvalue weighted by Gasteiger charge is -2.26. The molecule has 0 saturated carbocycles. The first-order valence-electron chi connectivity index (χ1n) is 6.91. The summed E-state index contributed by atoms with van der Waals surface area (Å²) in [5.41, 5.74) is 2.35. The molecule has 3 nitrogen and oxygen atoms in total. The number of rotatable bonds is 3. The Kier molecular flexibility index (Phi) is 3.52. The smallest absolute Gasteiger partial charge is 0.238 e. The van der Waals surface area contributed by atoms with Gasteiger partial charge in [0.2, 0.25) is 5.91 Å². The van der Waals surface area contributed by atoms with Gasteiger partial charge in [-0.05, 0) is 18.1 Å². The first kappa shape index (κ1) is 12.9. The van der Waals surface area contributed by atoms with Gasteiger partial charge in [0.15, 0.2) is 0 Å². The van der Waals surface area contributed by atoms with Crippen LogP contribution in [0, 0.1) is 0 Å². The van der Waals surface area contributed by atoms with E-state index in [9.17, 15) is 4.79 Å². The van der Waals surface area contributed by atoms with Crippen LogP contribution in [0.1, 0.15) is 24.2 Å². The fourth-order valence-electron chi connectivity index (χ4n) is 2.65. The Labute approximate surface area is 119 Å². The SMILES string of the molecule is C[C@H]1C(=O)NC(c2ccccc2)N1Cc1ccccc1. The van der Waals surface area contributed by atoms with Gasteiger partial charge < -0.3 is 5.32 Å². The lowest BCUT2D eigenvalue weighted by Crippen LogP contribution is -2.31. The number of nitrogens with zero attached hydrogens (tertiary/aromatic N) is 1. The van der Waals surface area contributed by atoms with Crippen molar-refractivity contribution in [1.82, 2.24) is 10.2 Å². The molecule has 102 valence electrons. The third kappa shape index (κ3) is 2.45. The van der Waals surface area contributed by atoms with Crippen LogP contribution in [0.5, 0.6) is 0 Å². The van der Waals surface area contributed by atoms with E-state index in [0.29, 0.717) is 0 Å². The molecule has 1 fully saturated rings. The molecule has 1 amide bonds. The van der Waals surface area contributed by atoms with Crippen LogP contribution in [-0.2, 0) is 11.3 Å². The number of amides is 1. The number of benzene rings is 2. The van der Waals surface area contributed by atoms with E-state index in [1.807, 2.05) is 43.3 Å². The van der Waals surface area contributed by atoms with Gasteiger partial charge in [0.05, 0.1) is 6.04 Å². The normalized spacial score (nSPS) is 22.8. The predicted molar refractivity (Wildman–Crippen MR) is 78.8 cm³/mol. The van der Waals surface area contributed by atoms with Gasteiger partial charge in [-0.1, -0.05) is 60.7 Å². The first-order chi connectivity index (χ1) is 9.75. The molecule has 3 heteroatoms. The molecular weight excluding hydrogens is 248 g/mol. The van der Waals surface area contributed by atoms with Crippen LogP contribution < -0.4 is 5.32 Å². The van der Waals surface area contributed by atoms with E-state index in [0.717, 1.165) is 12.1 Å². The molecule has 3 rings (SSSR count). The Morgan fingerprint density at radius 2 is 1.60 bits per heavy atom. The van der Waals surface area contributed by atoms with Crippen LogP contribution in [0.15, 0.2) is 60.7 Å². The monoisotopic (exact) mass is 266 g/mol. The minimum absolute atomic E-state index is 0.0427. The van der Waals surface area contributed by atoms with E-state index < -0.39 is 0 Å². The molecule has 20 heavy (non-hydrogen) atoms. The fraction of sp³-hybridized carbons (Fsp3) is 0.235. The molecule has 2 aromatic carbocycles. The summed E-state index contributed by atoms with van der Waals surface area (Å²) in [6, 6.07) is 20.3. The van der Waals surface area contributed by atoms with Crippen molar-refractivity contribution in [2.75, 3.05) is 0 Å². The number of hydrogen-bond donors (Lipinski definition) is 1. The van der Waals surface area contributed by atoms with Crippen LogP contribution in [0.4, 0.5) is 0 Å². The van der Waals surface area contributed by atoms with Crippen molar-refractivity contribution < 1.29 is 4.79 Å². The second kappa shape index (κ2) is 5.47. The van der Waals surface area contributed by atoms with Crippen LogP contribution in [-0.4, -0.2) is 16.8 Å². The summed E-state index contributed by atoms with van der Waals surface area (Å²) in [4.78, 5) is 14.2. The summed E-state index contributed by atoms with van der Waals surface area (Å²) < 4.78 is 0. The van der Waals surface area contributed by atoms with Gasteiger partial charge in [-0.3, -0.25) is 9.69 Å². The molecule has 0 aromatic heterocycles. The molecule has 0 aliphatic carbocycles. The van der Waals surface area contributed by atoms with E-state index in [1.54, 1.807) is 0 Å². The number of carbonyl (C=O) groups is 1. The standard InChI is InChI=1S/C17H18N2O/c1-13-17(20)18-16(15-10-6-3-7-11-15)19(13)12-14-8-4-2-5-9-14/h2-11,13,16H,12H2,1H3,(H,18,20)/t13-,16?/m0/s1. The van der Waals surface area contributed by atoms with Crippen molar-refractivity contribution in [2.24, 2.45) is 0 Å². The highest BCUT2D eigenvalue weighted by atomic mass is 16.2. The maximum atomic E-state index is 12.0. The molecular formula is C17H18N2O. The maximum absolute atomic E-state index is 12.0. The molecule has 1 saturated heterocycles. The average molecular weight is 266 g/mol. The van der Waals surface area contributed by atoms with Crippen LogP contribution >= 0.6 is 0 Å². The molecule has 1 N–H and O–H groups in total. The van der Waals surface area contributed by atoms with Crippen molar-refractivity contribution in [2.45, 2.75) is 25.7 Å². The second-order valence-corrected chi connectivity index (χ2v) is 5.16. The Balaban J connectivity index is 1.87. The van der Waals surface area contributed by atoms with Gasteiger partial charge in [0.25, 0.3) is 0 Å². The highest BCUT2D eigenvalue weighted by molar-refractivity contribution is 5.83. The van der Waals surface area contributed by atoms with Crippen molar-refractivity contribution in [3.63, 3.8) is 0 Å². The Hall–Kier alpha value is -2.13. The van der Waals surface area contributed by atoms with Gasteiger partial charge in [-0.25, -0.2) is 0 Å². The fourth-order valence-corrected chi connectivity index (χ4v) is 2.65. The first-order valence-corrected chi connectivity index (χ1v) is 6.91. The van der Waals surface area contributed by atoms with Gasteiger partial charge in [-0.2, -0.15) is 0 Å². The quantitative estimate of drug-likeness (QED) is 0.926. The van der Waals surface area contributed by atoms with Gasteiger partial charge in [0, 0.05) is 6.54 Å². The molecule has 2 aromatic rings. The van der Waals surface area contributed by atoms with E-state index >= 15 is 0 Å². The van der Waals surface area contributed by atoms with Crippen LogP contribution in [0.3, 0.4) is 0 Å². The topological polar surface area (TPSA) is 32.3 Å². The lowest BCUT2D eigenvalue weighted by atomic mass is 10.1. The summed E-state index contributed by atoms with van der Waals surface area (Å²) in [5, 5.41) is 3.08. The van der Waals surface area contributed by atoms with E-state index in [1.165, 1.54) is 5.56 Å². The molecule has 2 atom stereocenters. The van der Waals surface area contributed by atoms with Crippen LogP contribution in [0.2, 0.25) is 0 Å². The minimum Gasteiger partial charge on any atom is -0.335 e. The molecule has 0 radical (unpaired) electrons. The average Bonchev–Trinajstić information content (AvgIpc) is 2.78. The van der Waals surface area contributed by atoms with E-state index in [4.69, 9.17) is 0 Å². The molecule has 1 unspecified atom stereocenters. The van der Waals surface area contributed by atoms with Crippen molar-refractivity contribution in [1.29, 1.82) is 0 Å². The highest BCUT2D eigenvalue weighted by Crippen LogP contribution is 2.27. The van der Waals surface area contributed by atoms with Gasteiger partial charge >= 0.3 is 0 Å².